The Balaban J connectivity index is 2.68. The molecule has 2 aromatic heterocycles. The van der Waals surface area contributed by atoms with Crippen molar-refractivity contribution in [2.45, 2.75) is 40.5 Å². The lowest BCUT2D eigenvalue weighted by molar-refractivity contribution is 0.0765. The largest absolute Gasteiger partial charge is 0.338 e. The molecule has 0 atom stereocenters. The van der Waals surface area contributed by atoms with Crippen LogP contribution in [0.15, 0.2) is 16.7 Å². The molecule has 0 aromatic carbocycles. The van der Waals surface area contributed by atoms with E-state index in [1.54, 1.807) is 0 Å². The van der Waals surface area contributed by atoms with Crippen LogP contribution in [0.4, 0.5) is 0 Å². The van der Waals surface area contributed by atoms with Crippen molar-refractivity contribution in [2.75, 3.05) is 13.1 Å². The minimum Gasteiger partial charge on any atom is -0.338 e. The summed E-state index contributed by atoms with van der Waals surface area (Å²) in [4.78, 5) is 19.4. The van der Waals surface area contributed by atoms with Crippen LogP contribution in [-0.2, 0) is 6.42 Å². The average molecular weight is 352 g/mol. The second-order valence-corrected chi connectivity index (χ2v) is 6.09. The van der Waals surface area contributed by atoms with E-state index >= 15 is 0 Å². The van der Waals surface area contributed by atoms with Crippen LogP contribution in [0.25, 0.3) is 5.65 Å². The molecule has 0 spiro atoms. The highest BCUT2D eigenvalue weighted by atomic mass is 79.9. The number of halogens is 1. The van der Waals surface area contributed by atoms with Crippen molar-refractivity contribution in [3.8, 4) is 0 Å². The lowest BCUT2D eigenvalue weighted by atomic mass is 10.2. The minimum atomic E-state index is 0.0634. The Morgan fingerprint density at radius 1 is 1.33 bits per heavy atom. The molecule has 21 heavy (non-hydrogen) atoms. The molecule has 0 radical (unpaired) electrons. The third-order valence-electron chi connectivity index (χ3n) is 3.68. The fourth-order valence-electron chi connectivity index (χ4n) is 2.61. The van der Waals surface area contributed by atoms with E-state index in [0.717, 1.165) is 34.2 Å². The summed E-state index contributed by atoms with van der Waals surface area (Å²) in [6.45, 7) is 9.56. The maximum Gasteiger partial charge on any atom is 0.272 e. The van der Waals surface area contributed by atoms with Gasteiger partial charge in [0, 0.05) is 23.8 Å². The molecule has 2 aromatic rings. The zero-order valence-corrected chi connectivity index (χ0v) is 14.7. The highest BCUT2D eigenvalue weighted by Gasteiger charge is 2.23. The molecule has 0 unspecified atom stereocenters. The van der Waals surface area contributed by atoms with Crippen LogP contribution in [0, 0.1) is 6.92 Å². The van der Waals surface area contributed by atoms with Crippen molar-refractivity contribution < 1.29 is 4.79 Å². The average Bonchev–Trinajstić information content (AvgIpc) is 2.79. The molecule has 0 N–H and O–H groups in total. The quantitative estimate of drug-likeness (QED) is 0.820. The molecule has 0 aliphatic heterocycles. The number of hydrogen-bond donors (Lipinski definition) is 0. The third kappa shape index (κ3) is 2.98. The van der Waals surface area contributed by atoms with E-state index < -0.39 is 0 Å². The summed E-state index contributed by atoms with van der Waals surface area (Å²) >= 11 is 3.51. The summed E-state index contributed by atoms with van der Waals surface area (Å²) in [6, 6.07) is 2.03. The van der Waals surface area contributed by atoms with Gasteiger partial charge in [0.05, 0.1) is 5.69 Å². The Morgan fingerprint density at radius 3 is 2.57 bits per heavy atom. The molecular formula is C16H22BrN3O. The van der Waals surface area contributed by atoms with E-state index in [0.29, 0.717) is 18.8 Å². The summed E-state index contributed by atoms with van der Waals surface area (Å²) in [5, 5.41) is 0. The highest BCUT2D eigenvalue weighted by Crippen LogP contribution is 2.22. The van der Waals surface area contributed by atoms with Crippen LogP contribution in [0.2, 0.25) is 0 Å². The van der Waals surface area contributed by atoms with Gasteiger partial charge >= 0.3 is 0 Å². The number of aryl methyl sites for hydroxylation is 2. The topological polar surface area (TPSA) is 37.6 Å². The number of carbonyl (C=O) groups is 1. The number of rotatable bonds is 5. The summed E-state index contributed by atoms with van der Waals surface area (Å²) in [5.41, 5.74) is 3.55. The number of imidazole rings is 1. The first-order valence-corrected chi connectivity index (χ1v) is 8.29. The van der Waals surface area contributed by atoms with Gasteiger partial charge in [0.2, 0.25) is 0 Å². The van der Waals surface area contributed by atoms with Gasteiger partial charge in [-0.1, -0.05) is 13.3 Å². The second-order valence-electron chi connectivity index (χ2n) is 5.17. The SMILES string of the molecule is CCCc1nc2c(C)cc(Br)cn2c1C(=O)N(CC)CC. The molecule has 5 heteroatoms. The number of nitrogens with zero attached hydrogens (tertiary/aromatic N) is 3. The van der Waals surface area contributed by atoms with Crippen LogP contribution >= 0.6 is 15.9 Å². The minimum absolute atomic E-state index is 0.0634. The van der Waals surface area contributed by atoms with Gasteiger partial charge in [-0.25, -0.2) is 4.98 Å². The van der Waals surface area contributed by atoms with Crippen molar-refractivity contribution in [3.63, 3.8) is 0 Å². The van der Waals surface area contributed by atoms with Gasteiger partial charge in [-0.2, -0.15) is 0 Å². The predicted molar refractivity (Wildman–Crippen MR) is 88.9 cm³/mol. The van der Waals surface area contributed by atoms with Crippen LogP contribution in [0.3, 0.4) is 0 Å². The Morgan fingerprint density at radius 2 is 2.00 bits per heavy atom. The normalized spacial score (nSPS) is 11.1. The maximum atomic E-state index is 12.9. The van der Waals surface area contributed by atoms with Crippen LogP contribution in [0.1, 0.15) is 48.9 Å². The standard InChI is InChI=1S/C16H22BrN3O/c1-5-8-13-14(16(21)19(6-2)7-3)20-10-12(17)9-11(4)15(20)18-13/h9-10H,5-8H2,1-4H3. The van der Waals surface area contributed by atoms with Crippen molar-refractivity contribution in [3.05, 3.63) is 33.7 Å². The number of carbonyl (C=O) groups excluding carboxylic acids is 1. The van der Waals surface area contributed by atoms with Crippen molar-refractivity contribution in [1.29, 1.82) is 0 Å². The molecule has 2 heterocycles. The van der Waals surface area contributed by atoms with Crippen LogP contribution in [-0.4, -0.2) is 33.3 Å². The number of amides is 1. The molecule has 0 fully saturated rings. The molecule has 1 amide bonds. The lowest BCUT2D eigenvalue weighted by Crippen LogP contribution is -2.32. The lowest BCUT2D eigenvalue weighted by Gasteiger charge is -2.19. The van der Waals surface area contributed by atoms with E-state index in [2.05, 4.69) is 22.9 Å². The Bertz CT molecular complexity index is 659. The third-order valence-corrected chi connectivity index (χ3v) is 4.12. The zero-order chi connectivity index (χ0) is 15.6. The monoisotopic (exact) mass is 351 g/mol. The summed E-state index contributed by atoms with van der Waals surface area (Å²) in [5.74, 6) is 0.0634. The first-order valence-electron chi connectivity index (χ1n) is 7.49. The number of pyridine rings is 1. The van der Waals surface area contributed by atoms with E-state index in [9.17, 15) is 4.79 Å². The van der Waals surface area contributed by atoms with Crippen LogP contribution in [0.5, 0.6) is 0 Å². The van der Waals surface area contributed by atoms with E-state index in [1.165, 1.54) is 0 Å². The number of aromatic nitrogens is 2. The number of hydrogen-bond acceptors (Lipinski definition) is 2. The Hall–Kier alpha value is -1.36. The van der Waals surface area contributed by atoms with Gasteiger partial charge in [0.1, 0.15) is 11.3 Å². The summed E-state index contributed by atoms with van der Waals surface area (Å²) < 4.78 is 2.90. The van der Waals surface area contributed by atoms with E-state index in [-0.39, 0.29) is 5.91 Å². The van der Waals surface area contributed by atoms with Crippen molar-refractivity contribution in [1.82, 2.24) is 14.3 Å². The highest BCUT2D eigenvalue weighted by molar-refractivity contribution is 9.10. The predicted octanol–water partition coefficient (Wildman–Crippen LogP) is 3.84. The first kappa shape index (κ1) is 16.0. The molecule has 0 aliphatic rings. The molecule has 0 saturated carbocycles. The second kappa shape index (κ2) is 6.60. The first-order chi connectivity index (χ1) is 10.0. The Kier molecular flexibility index (Phi) is 5.04. The fraction of sp³-hybridized carbons (Fsp3) is 0.500. The molecule has 114 valence electrons. The van der Waals surface area contributed by atoms with Gasteiger partial charge in [0.25, 0.3) is 5.91 Å². The zero-order valence-electron chi connectivity index (χ0n) is 13.1. The van der Waals surface area contributed by atoms with Gasteiger partial charge in [-0.3, -0.25) is 9.20 Å². The molecule has 0 aliphatic carbocycles. The molecule has 0 saturated heterocycles. The van der Waals surface area contributed by atoms with Crippen LogP contribution < -0.4 is 0 Å². The van der Waals surface area contributed by atoms with Gasteiger partial charge < -0.3 is 4.90 Å². The number of fused-ring (bicyclic) bond motifs is 1. The maximum absolute atomic E-state index is 12.9. The van der Waals surface area contributed by atoms with E-state index in [1.807, 2.05) is 42.3 Å². The van der Waals surface area contributed by atoms with Gasteiger partial charge in [-0.05, 0) is 54.8 Å². The van der Waals surface area contributed by atoms with Gasteiger partial charge in [0.15, 0.2) is 0 Å². The smallest absolute Gasteiger partial charge is 0.272 e. The van der Waals surface area contributed by atoms with Gasteiger partial charge in [-0.15, -0.1) is 0 Å². The molecule has 0 bridgehead atoms. The van der Waals surface area contributed by atoms with Crippen molar-refractivity contribution >= 4 is 27.5 Å². The molecule has 4 nitrogen and oxygen atoms in total. The van der Waals surface area contributed by atoms with E-state index in [4.69, 9.17) is 4.98 Å². The Labute approximate surface area is 134 Å². The summed E-state index contributed by atoms with van der Waals surface area (Å²) in [7, 11) is 0. The molecule has 2 rings (SSSR count). The fourth-order valence-corrected chi connectivity index (χ4v) is 3.16. The summed E-state index contributed by atoms with van der Waals surface area (Å²) in [6.07, 6.45) is 3.73. The van der Waals surface area contributed by atoms with Crippen molar-refractivity contribution in [2.24, 2.45) is 0 Å². The molecular weight excluding hydrogens is 330 g/mol.